The van der Waals surface area contributed by atoms with Crippen LogP contribution in [-0.2, 0) is 6.61 Å². The number of rotatable bonds is 12. The molecule has 3 rings (SSSR count). The Bertz CT molecular complexity index is 1150. The third-order valence-corrected chi connectivity index (χ3v) is 5.41. The van der Waals surface area contributed by atoms with Gasteiger partial charge in [-0.05, 0) is 70.7 Å². The van der Waals surface area contributed by atoms with Crippen LogP contribution in [0.15, 0.2) is 70.2 Å². The number of methoxy groups -OCH3 is 1. The molecule has 7 nitrogen and oxygen atoms in total. The second-order valence-corrected chi connectivity index (χ2v) is 8.30. The summed E-state index contributed by atoms with van der Waals surface area (Å²) < 4.78 is 23.5. The molecule has 0 saturated carbocycles. The van der Waals surface area contributed by atoms with E-state index in [0.717, 1.165) is 22.0 Å². The van der Waals surface area contributed by atoms with Gasteiger partial charge in [0.15, 0.2) is 23.0 Å². The van der Waals surface area contributed by atoms with Crippen molar-refractivity contribution in [2.75, 3.05) is 20.3 Å². The molecule has 0 aliphatic rings. The van der Waals surface area contributed by atoms with Crippen molar-refractivity contribution in [2.45, 2.75) is 26.9 Å². The summed E-state index contributed by atoms with van der Waals surface area (Å²) in [4.78, 5) is 12.6. The van der Waals surface area contributed by atoms with E-state index in [0.29, 0.717) is 48.4 Å². The third kappa shape index (κ3) is 7.48. The van der Waals surface area contributed by atoms with Gasteiger partial charge in [0.05, 0.1) is 31.0 Å². The lowest BCUT2D eigenvalue weighted by Crippen LogP contribution is -2.17. The van der Waals surface area contributed by atoms with Gasteiger partial charge in [-0.25, -0.2) is 5.43 Å². The molecule has 0 heterocycles. The molecule has 8 heteroatoms. The molecule has 0 saturated heterocycles. The maximum Gasteiger partial charge on any atom is 0.271 e. The van der Waals surface area contributed by atoms with Gasteiger partial charge in [-0.3, -0.25) is 4.79 Å². The smallest absolute Gasteiger partial charge is 0.271 e. The number of nitrogens with zero attached hydrogens (tertiary/aromatic N) is 1. The molecular formula is C27H29BrN2O5. The first-order valence-corrected chi connectivity index (χ1v) is 12.1. The molecule has 0 unspecified atom stereocenters. The van der Waals surface area contributed by atoms with Crippen LogP contribution in [0.3, 0.4) is 0 Å². The Balaban J connectivity index is 1.66. The van der Waals surface area contributed by atoms with Crippen LogP contribution in [0.2, 0.25) is 0 Å². The summed E-state index contributed by atoms with van der Waals surface area (Å²) in [6, 6.07) is 18.5. The van der Waals surface area contributed by atoms with Gasteiger partial charge in [0, 0.05) is 5.56 Å². The summed E-state index contributed by atoms with van der Waals surface area (Å²) in [6.45, 7) is 5.43. The number of ether oxygens (including phenoxy) is 4. The van der Waals surface area contributed by atoms with E-state index in [4.69, 9.17) is 18.9 Å². The lowest BCUT2D eigenvalue weighted by molar-refractivity contribution is 0.0954. The van der Waals surface area contributed by atoms with E-state index in [1.165, 1.54) is 7.11 Å². The molecule has 1 N–H and O–H groups in total. The summed E-state index contributed by atoms with van der Waals surface area (Å²) >= 11 is 3.53. The average molecular weight is 541 g/mol. The number of hydrogen-bond donors (Lipinski definition) is 1. The van der Waals surface area contributed by atoms with E-state index >= 15 is 0 Å². The number of carbonyl (C=O) groups is 1. The number of benzene rings is 3. The molecule has 1 amide bonds. The maximum atomic E-state index is 12.6. The van der Waals surface area contributed by atoms with Crippen molar-refractivity contribution in [1.29, 1.82) is 0 Å². The fourth-order valence-corrected chi connectivity index (χ4v) is 3.74. The molecular weight excluding hydrogens is 512 g/mol. The van der Waals surface area contributed by atoms with Gasteiger partial charge in [-0.15, -0.1) is 0 Å². The van der Waals surface area contributed by atoms with Crippen molar-refractivity contribution in [3.63, 3.8) is 0 Å². The van der Waals surface area contributed by atoms with E-state index in [1.807, 2.05) is 56.3 Å². The van der Waals surface area contributed by atoms with Gasteiger partial charge in [0.2, 0.25) is 0 Å². The third-order valence-electron chi connectivity index (χ3n) is 4.82. The molecule has 0 aliphatic heterocycles. The Morgan fingerprint density at radius 2 is 1.77 bits per heavy atom. The zero-order valence-corrected chi connectivity index (χ0v) is 21.6. The van der Waals surface area contributed by atoms with E-state index < -0.39 is 0 Å². The predicted octanol–water partition coefficient (Wildman–Crippen LogP) is 5.99. The van der Waals surface area contributed by atoms with Crippen molar-refractivity contribution in [3.8, 4) is 23.0 Å². The van der Waals surface area contributed by atoms with Crippen LogP contribution >= 0.6 is 15.9 Å². The van der Waals surface area contributed by atoms with Gasteiger partial charge in [-0.1, -0.05) is 37.3 Å². The monoisotopic (exact) mass is 540 g/mol. The van der Waals surface area contributed by atoms with Crippen molar-refractivity contribution in [2.24, 2.45) is 5.10 Å². The second-order valence-electron chi connectivity index (χ2n) is 7.45. The summed E-state index contributed by atoms with van der Waals surface area (Å²) in [5.74, 6) is 1.90. The largest absolute Gasteiger partial charge is 0.493 e. The molecule has 0 atom stereocenters. The standard InChI is InChI=1S/C27H29BrN2O5/c1-4-13-34-26-22(28)14-20(15-25(26)33-5-2)17-29-30-27(31)21-11-12-23(24(16-21)32-3)35-18-19-9-7-6-8-10-19/h6-12,14-17H,4-5,13,18H2,1-3H3,(H,30,31)/b29-17+. The van der Waals surface area contributed by atoms with Crippen molar-refractivity contribution >= 4 is 28.1 Å². The number of halogens is 1. The van der Waals surface area contributed by atoms with Crippen molar-refractivity contribution in [3.05, 3.63) is 81.8 Å². The molecule has 0 aliphatic carbocycles. The number of carbonyl (C=O) groups excluding carboxylic acids is 1. The minimum atomic E-state index is -0.374. The number of amides is 1. The van der Waals surface area contributed by atoms with Gasteiger partial charge >= 0.3 is 0 Å². The van der Waals surface area contributed by atoms with Crippen LogP contribution in [-0.4, -0.2) is 32.4 Å². The minimum Gasteiger partial charge on any atom is -0.493 e. The fourth-order valence-electron chi connectivity index (χ4n) is 3.16. The van der Waals surface area contributed by atoms with E-state index in [2.05, 4.69) is 26.5 Å². The highest BCUT2D eigenvalue weighted by atomic mass is 79.9. The van der Waals surface area contributed by atoms with Gasteiger partial charge < -0.3 is 18.9 Å². The summed E-state index contributed by atoms with van der Waals surface area (Å²) in [5.41, 5.74) is 4.72. The first-order chi connectivity index (χ1) is 17.0. The van der Waals surface area contributed by atoms with Crippen molar-refractivity contribution in [1.82, 2.24) is 5.43 Å². The normalized spacial score (nSPS) is 10.7. The molecule has 3 aromatic rings. The first-order valence-electron chi connectivity index (χ1n) is 11.3. The molecule has 0 aromatic heterocycles. The Labute approximate surface area is 214 Å². The van der Waals surface area contributed by atoms with Crippen LogP contribution in [0, 0.1) is 0 Å². The van der Waals surface area contributed by atoms with E-state index in [9.17, 15) is 4.79 Å². The second kappa shape index (κ2) is 13.4. The number of nitrogens with one attached hydrogen (secondary N) is 1. The zero-order valence-electron chi connectivity index (χ0n) is 20.0. The molecule has 35 heavy (non-hydrogen) atoms. The lowest BCUT2D eigenvalue weighted by atomic mass is 10.2. The Hall–Kier alpha value is -3.52. The Kier molecular flexibility index (Phi) is 9.98. The maximum absolute atomic E-state index is 12.6. The highest BCUT2D eigenvalue weighted by Crippen LogP contribution is 2.36. The Morgan fingerprint density at radius 3 is 2.49 bits per heavy atom. The first kappa shape index (κ1) is 26.1. The lowest BCUT2D eigenvalue weighted by Gasteiger charge is -2.14. The van der Waals surface area contributed by atoms with Crippen LogP contribution in [0.25, 0.3) is 0 Å². The summed E-state index contributed by atoms with van der Waals surface area (Å²) in [7, 11) is 1.53. The van der Waals surface area contributed by atoms with Crippen LogP contribution in [0.1, 0.15) is 41.8 Å². The van der Waals surface area contributed by atoms with Gasteiger partial charge in [0.1, 0.15) is 6.61 Å². The molecule has 3 aromatic carbocycles. The molecule has 0 fully saturated rings. The molecule has 0 spiro atoms. The topological polar surface area (TPSA) is 78.4 Å². The molecule has 0 radical (unpaired) electrons. The average Bonchev–Trinajstić information content (AvgIpc) is 2.87. The Morgan fingerprint density at radius 1 is 0.971 bits per heavy atom. The highest BCUT2D eigenvalue weighted by molar-refractivity contribution is 9.10. The highest BCUT2D eigenvalue weighted by Gasteiger charge is 2.13. The quantitative estimate of drug-likeness (QED) is 0.225. The predicted molar refractivity (Wildman–Crippen MR) is 140 cm³/mol. The summed E-state index contributed by atoms with van der Waals surface area (Å²) in [6.07, 6.45) is 2.43. The minimum absolute atomic E-state index is 0.374. The SMILES string of the molecule is CCCOc1c(Br)cc(/C=N/NC(=O)c2ccc(OCc3ccccc3)c(OC)c2)cc1OCC. The zero-order chi connectivity index (χ0) is 25.0. The molecule has 184 valence electrons. The van der Waals surface area contributed by atoms with E-state index in [1.54, 1.807) is 24.4 Å². The number of hydrogen-bond acceptors (Lipinski definition) is 6. The number of hydrazone groups is 1. The van der Waals surface area contributed by atoms with E-state index in [-0.39, 0.29) is 5.91 Å². The fraction of sp³-hybridized carbons (Fsp3) is 0.259. The van der Waals surface area contributed by atoms with Crippen LogP contribution in [0.5, 0.6) is 23.0 Å². The van der Waals surface area contributed by atoms with Crippen molar-refractivity contribution < 1.29 is 23.7 Å². The van der Waals surface area contributed by atoms with Gasteiger partial charge in [0.25, 0.3) is 5.91 Å². The van der Waals surface area contributed by atoms with Gasteiger partial charge in [-0.2, -0.15) is 5.10 Å². The van der Waals surface area contributed by atoms with Crippen LogP contribution in [0.4, 0.5) is 0 Å². The van der Waals surface area contributed by atoms with Crippen LogP contribution < -0.4 is 24.4 Å². The molecule has 0 bridgehead atoms. The summed E-state index contributed by atoms with van der Waals surface area (Å²) in [5, 5.41) is 4.09.